The van der Waals surface area contributed by atoms with Gasteiger partial charge in [0.25, 0.3) is 0 Å². The summed E-state index contributed by atoms with van der Waals surface area (Å²) in [7, 11) is 0. The molecule has 1 heteroatoms. The number of benzene rings is 2. The first kappa shape index (κ1) is 9.79. The van der Waals surface area contributed by atoms with E-state index in [9.17, 15) is 0 Å². The molecular weight excluding hydrogens is 155 g/mol. The second kappa shape index (κ2) is 4.08. The SMILES string of the molecule is Cc1ccc2ccccc2c1.[Na]. The topological polar surface area (TPSA) is 0 Å². The average molecular weight is 165 g/mol. The predicted molar refractivity (Wildman–Crippen MR) is 54.4 cm³/mol. The Morgan fingerprint density at radius 1 is 0.833 bits per heavy atom. The largest absolute Gasteiger partial charge is 0.0616 e. The normalized spacial score (nSPS) is 9.42. The van der Waals surface area contributed by atoms with E-state index >= 15 is 0 Å². The van der Waals surface area contributed by atoms with Crippen molar-refractivity contribution in [2.45, 2.75) is 6.92 Å². The quantitative estimate of drug-likeness (QED) is 0.526. The van der Waals surface area contributed by atoms with Crippen LogP contribution in [0.1, 0.15) is 5.56 Å². The summed E-state index contributed by atoms with van der Waals surface area (Å²) in [6.45, 7) is 2.12. The Morgan fingerprint density at radius 2 is 1.50 bits per heavy atom. The molecule has 0 amide bonds. The van der Waals surface area contributed by atoms with Crippen molar-refractivity contribution in [2.24, 2.45) is 0 Å². The summed E-state index contributed by atoms with van der Waals surface area (Å²) < 4.78 is 0. The van der Waals surface area contributed by atoms with Crippen molar-refractivity contribution < 1.29 is 0 Å². The molecule has 2 rings (SSSR count). The van der Waals surface area contributed by atoms with Crippen LogP contribution >= 0.6 is 0 Å². The van der Waals surface area contributed by atoms with E-state index in [2.05, 4.69) is 49.4 Å². The Labute approximate surface area is 94.9 Å². The van der Waals surface area contributed by atoms with Crippen molar-refractivity contribution in [3.8, 4) is 0 Å². The van der Waals surface area contributed by atoms with Gasteiger partial charge in [-0.25, -0.2) is 0 Å². The molecule has 0 aliphatic carbocycles. The van der Waals surface area contributed by atoms with Crippen LogP contribution in [0.15, 0.2) is 42.5 Å². The number of hydrogen-bond acceptors (Lipinski definition) is 0. The molecule has 1 radical (unpaired) electrons. The minimum atomic E-state index is 0. The molecule has 0 spiro atoms. The summed E-state index contributed by atoms with van der Waals surface area (Å²) in [6.07, 6.45) is 0. The van der Waals surface area contributed by atoms with Gasteiger partial charge >= 0.3 is 0 Å². The molecule has 0 saturated heterocycles. The molecule has 0 aliphatic rings. The molecule has 0 fully saturated rings. The zero-order valence-electron chi connectivity index (χ0n) is 7.54. The summed E-state index contributed by atoms with van der Waals surface area (Å²) in [4.78, 5) is 0. The fourth-order valence-corrected chi connectivity index (χ4v) is 1.31. The van der Waals surface area contributed by atoms with Crippen molar-refractivity contribution in [1.29, 1.82) is 0 Å². The number of fused-ring (bicyclic) bond motifs is 1. The molecular formula is C11H10Na. The number of aryl methyl sites for hydroxylation is 1. The van der Waals surface area contributed by atoms with Gasteiger partial charge in [0, 0.05) is 29.6 Å². The van der Waals surface area contributed by atoms with Gasteiger partial charge in [0.2, 0.25) is 0 Å². The number of hydrogen-bond donors (Lipinski definition) is 0. The summed E-state index contributed by atoms with van der Waals surface area (Å²) >= 11 is 0. The van der Waals surface area contributed by atoms with E-state index in [0.29, 0.717) is 0 Å². The Hall–Kier alpha value is -0.300. The smallest absolute Gasteiger partial charge is 0 e. The molecule has 2 aromatic rings. The van der Waals surface area contributed by atoms with Crippen molar-refractivity contribution in [3.63, 3.8) is 0 Å². The minimum absolute atomic E-state index is 0. The first-order chi connectivity index (χ1) is 5.36. The van der Waals surface area contributed by atoms with Crippen molar-refractivity contribution in [3.05, 3.63) is 48.0 Å². The molecule has 0 N–H and O–H groups in total. The first-order valence-electron chi connectivity index (χ1n) is 3.82. The predicted octanol–water partition coefficient (Wildman–Crippen LogP) is 2.77. The van der Waals surface area contributed by atoms with Gasteiger partial charge in [-0.05, 0) is 17.7 Å². The third-order valence-electron chi connectivity index (χ3n) is 1.90. The van der Waals surface area contributed by atoms with Gasteiger partial charge in [0.05, 0.1) is 0 Å². The van der Waals surface area contributed by atoms with Crippen LogP contribution in [0.2, 0.25) is 0 Å². The molecule has 0 aromatic heterocycles. The Bertz CT molecular complexity index is 379. The Morgan fingerprint density at radius 3 is 2.25 bits per heavy atom. The van der Waals surface area contributed by atoms with Gasteiger partial charge in [-0.2, -0.15) is 0 Å². The second-order valence-electron chi connectivity index (χ2n) is 2.85. The molecule has 0 nitrogen and oxygen atoms in total. The fraction of sp³-hybridized carbons (Fsp3) is 0.0909. The minimum Gasteiger partial charge on any atom is -0.0616 e. The Balaban J connectivity index is 0.000000720. The van der Waals surface area contributed by atoms with E-state index in [4.69, 9.17) is 0 Å². The van der Waals surface area contributed by atoms with Crippen molar-refractivity contribution >= 4 is 40.3 Å². The van der Waals surface area contributed by atoms with Gasteiger partial charge in [0.15, 0.2) is 0 Å². The average Bonchev–Trinajstić information content (AvgIpc) is 2.04. The van der Waals surface area contributed by atoms with Crippen LogP contribution < -0.4 is 0 Å². The van der Waals surface area contributed by atoms with Gasteiger partial charge in [-0.1, -0.05) is 48.0 Å². The summed E-state index contributed by atoms with van der Waals surface area (Å²) in [5, 5.41) is 2.64. The standard InChI is InChI=1S/C11H10.Na/c1-9-6-7-10-4-2-3-5-11(10)8-9;/h2-8H,1H3;. The molecule has 0 unspecified atom stereocenters. The molecule has 2 aromatic carbocycles. The van der Waals surface area contributed by atoms with E-state index in [1.165, 1.54) is 16.3 Å². The number of rotatable bonds is 0. The van der Waals surface area contributed by atoms with Crippen LogP contribution in [0.4, 0.5) is 0 Å². The van der Waals surface area contributed by atoms with Crippen molar-refractivity contribution in [2.75, 3.05) is 0 Å². The molecule has 0 heterocycles. The van der Waals surface area contributed by atoms with E-state index in [-0.39, 0.29) is 29.6 Å². The van der Waals surface area contributed by atoms with E-state index in [0.717, 1.165) is 0 Å². The molecule has 0 saturated carbocycles. The Kier molecular flexibility index (Phi) is 3.33. The van der Waals surface area contributed by atoms with Gasteiger partial charge in [0.1, 0.15) is 0 Å². The van der Waals surface area contributed by atoms with Crippen LogP contribution in [-0.4, -0.2) is 29.6 Å². The van der Waals surface area contributed by atoms with E-state index < -0.39 is 0 Å². The monoisotopic (exact) mass is 165 g/mol. The second-order valence-corrected chi connectivity index (χ2v) is 2.85. The van der Waals surface area contributed by atoms with Crippen LogP contribution in [0.3, 0.4) is 0 Å². The van der Waals surface area contributed by atoms with E-state index in [1.54, 1.807) is 0 Å². The summed E-state index contributed by atoms with van der Waals surface area (Å²) in [5.74, 6) is 0. The zero-order valence-corrected chi connectivity index (χ0v) is 9.54. The zero-order chi connectivity index (χ0) is 7.68. The summed E-state index contributed by atoms with van der Waals surface area (Å²) in [6, 6.07) is 14.9. The molecule has 0 bridgehead atoms. The third kappa shape index (κ3) is 1.89. The molecule has 0 aliphatic heterocycles. The van der Waals surface area contributed by atoms with Crippen LogP contribution in [0.5, 0.6) is 0 Å². The van der Waals surface area contributed by atoms with Gasteiger partial charge in [-0.3, -0.25) is 0 Å². The van der Waals surface area contributed by atoms with Crippen LogP contribution in [-0.2, 0) is 0 Å². The summed E-state index contributed by atoms with van der Waals surface area (Å²) in [5.41, 5.74) is 1.32. The van der Waals surface area contributed by atoms with E-state index in [1.807, 2.05) is 0 Å². The molecule has 55 valence electrons. The maximum Gasteiger partial charge on any atom is 0 e. The fourth-order valence-electron chi connectivity index (χ4n) is 1.31. The van der Waals surface area contributed by atoms with Gasteiger partial charge < -0.3 is 0 Å². The maximum absolute atomic E-state index is 2.20. The molecule has 12 heavy (non-hydrogen) atoms. The molecule has 0 atom stereocenters. The van der Waals surface area contributed by atoms with Crippen LogP contribution in [0.25, 0.3) is 10.8 Å². The first-order valence-corrected chi connectivity index (χ1v) is 3.82. The third-order valence-corrected chi connectivity index (χ3v) is 1.90. The van der Waals surface area contributed by atoms with Crippen molar-refractivity contribution in [1.82, 2.24) is 0 Å². The van der Waals surface area contributed by atoms with Gasteiger partial charge in [-0.15, -0.1) is 0 Å². The maximum atomic E-state index is 2.20. The van der Waals surface area contributed by atoms with Crippen LogP contribution in [0, 0.1) is 6.92 Å².